The van der Waals surface area contributed by atoms with Gasteiger partial charge in [0.05, 0.1) is 5.70 Å². The average molecular weight is 179 g/mol. The van der Waals surface area contributed by atoms with E-state index in [-0.39, 0.29) is 0 Å². The van der Waals surface area contributed by atoms with Gasteiger partial charge in [0, 0.05) is 19.3 Å². The third-order valence-electron chi connectivity index (χ3n) is 1.24. The number of hydrogen-bond donors (Lipinski definition) is 3. The van der Waals surface area contributed by atoms with Gasteiger partial charge in [0.1, 0.15) is 0 Å². The summed E-state index contributed by atoms with van der Waals surface area (Å²) in [5, 5.41) is 2.67. The summed E-state index contributed by atoms with van der Waals surface area (Å²) in [6, 6.07) is 2.32. The highest BCUT2D eigenvalue weighted by Gasteiger charge is 1.89. The first kappa shape index (κ1) is 11.6. The van der Waals surface area contributed by atoms with E-state index < -0.39 is 0 Å². The van der Waals surface area contributed by atoms with E-state index in [1.54, 1.807) is 13.2 Å². The van der Waals surface area contributed by atoms with Crippen LogP contribution in [0.4, 0.5) is 0 Å². The van der Waals surface area contributed by atoms with E-state index in [4.69, 9.17) is 6.42 Å². The predicted molar refractivity (Wildman–Crippen MR) is 56.2 cm³/mol. The quantitative estimate of drug-likeness (QED) is 0.254. The van der Waals surface area contributed by atoms with Crippen molar-refractivity contribution in [2.75, 3.05) is 7.05 Å². The summed E-state index contributed by atoms with van der Waals surface area (Å²) in [5.74, 6) is 0.521. The highest BCUT2D eigenvalue weighted by molar-refractivity contribution is 5.17. The van der Waals surface area contributed by atoms with Crippen molar-refractivity contribution in [3.8, 4) is 12.5 Å². The van der Waals surface area contributed by atoms with Gasteiger partial charge in [0.15, 0.2) is 0 Å². The molecule has 0 saturated heterocycles. The van der Waals surface area contributed by atoms with E-state index in [1.165, 1.54) is 0 Å². The first-order valence-electron chi connectivity index (χ1n) is 4.23. The summed E-state index contributed by atoms with van der Waals surface area (Å²) in [6.45, 7) is 4.23. The molecule has 72 valence electrons. The molecule has 0 rings (SSSR count). The van der Waals surface area contributed by atoms with Crippen molar-refractivity contribution in [3.63, 3.8) is 0 Å². The number of nitrogens with one attached hydrogen (secondary N) is 3. The summed E-state index contributed by atoms with van der Waals surface area (Å²) in [5.41, 5.74) is 6.66. The standard InChI is InChI=1S/C10H17N3/c1-5-12-8-10(13-11-4)7-6-9(2)3/h1,6-9,11-13H,2-4H3/b7-6-,10-8+. The van der Waals surface area contributed by atoms with Crippen molar-refractivity contribution in [3.05, 3.63) is 24.0 Å². The Balaban J connectivity index is 4.18. The van der Waals surface area contributed by atoms with Crippen molar-refractivity contribution in [1.82, 2.24) is 16.2 Å². The Kier molecular flexibility index (Phi) is 6.48. The fourth-order valence-corrected chi connectivity index (χ4v) is 0.686. The van der Waals surface area contributed by atoms with Crippen LogP contribution in [0, 0.1) is 18.4 Å². The van der Waals surface area contributed by atoms with Crippen molar-refractivity contribution >= 4 is 0 Å². The maximum absolute atomic E-state index is 5.05. The molecule has 0 aromatic carbocycles. The molecule has 3 heteroatoms. The SMILES string of the molecule is C#CN/C=C(\C=C/C(C)C)NNC. The van der Waals surface area contributed by atoms with Crippen LogP contribution < -0.4 is 16.2 Å². The van der Waals surface area contributed by atoms with Gasteiger partial charge in [-0.15, -0.1) is 0 Å². The Bertz CT molecular complexity index is 221. The lowest BCUT2D eigenvalue weighted by Gasteiger charge is -2.04. The first-order valence-corrected chi connectivity index (χ1v) is 4.23. The van der Waals surface area contributed by atoms with Crippen LogP contribution in [-0.4, -0.2) is 7.05 Å². The molecule has 0 radical (unpaired) electrons. The van der Waals surface area contributed by atoms with Gasteiger partial charge in [0.2, 0.25) is 0 Å². The topological polar surface area (TPSA) is 36.1 Å². The van der Waals surface area contributed by atoms with Crippen LogP contribution in [0.25, 0.3) is 0 Å². The smallest absolute Gasteiger partial charge is 0.0651 e. The average Bonchev–Trinajstić information content (AvgIpc) is 2.09. The van der Waals surface area contributed by atoms with E-state index in [0.717, 1.165) is 5.70 Å². The molecule has 13 heavy (non-hydrogen) atoms. The molecule has 0 amide bonds. The molecular formula is C10H17N3. The summed E-state index contributed by atoms with van der Waals surface area (Å²) in [6.07, 6.45) is 10.8. The number of terminal acetylenes is 1. The molecule has 0 aliphatic heterocycles. The summed E-state index contributed by atoms with van der Waals surface area (Å²) in [4.78, 5) is 0. The predicted octanol–water partition coefficient (Wildman–Crippen LogP) is 0.944. The van der Waals surface area contributed by atoms with Crippen molar-refractivity contribution in [1.29, 1.82) is 0 Å². The zero-order valence-electron chi connectivity index (χ0n) is 8.39. The fraction of sp³-hybridized carbons (Fsp3) is 0.400. The Morgan fingerprint density at radius 3 is 2.62 bits per heavy atom. The van der Waals surface area contributed by atoms with Gasteiger partial charge >= 0.3 is 0 Å². The lowest BCUT2D eigenvalue weighted by atomic mass is 10.2. The molecule has 0 saturated carbocycles. The molecule has 0 atom stereocenters. The minimum absolute atomic E-state index is 0.521. The van der Waals surface area contributed by atoms with E-state index in [0.29, 0.717) is 5.92 Å². The van der Waals surface area contributed by atoms with Gasteiger partial charge in [0.25, 0.3) is 0 Å². The van der Waals surface area contributed by atoms with Crippen LogP contribution in [0.15, 0.2) is 24.0 Å². The van der Waals surface area contributed by atoms with E-state index in [9.17, 15) is 0 Å². The van der Waals surface area contributed by atoms with Crippen LogP contribution in [0.5, 0.6) is 0 Å². The fourth-order valence-electron chi connectivity index (χ4n) is 0.686. The minimum Gasteiger partial charge on any atom is -0.320 e. The molecule has 3 nitrogen and oxygen atoms in total. The van der Waals surface area contributed by atoms with Crippen LogP contribution in [0.1, 0.15) is 13.8 Å². The molecule has 3 N–H and O–H groups in total. The molecular weight excluding hydrogens is 162 g/mol. The highest BCUT2D eigenvalue weighted by Crippen LogP contribution is 1.97. The molecule has 0 fully saturated rings. The second-order valence-corrected chi connectivity index (χ2v) is 2.87. The molecule has 0 aromatic heterocycles. The summed E-state index contributed by atoms with van der Waals surface area (Å²) >= 11 is 0. The van der Waals surface area contributed by atoms with Crippen LogP contribution in [0.3, 0.4) is 0 Å². The molecule has 0 bridgehead atoms. The summed E-state index contributed by atoms with van der Waals surface area (Å²) < 4.78 is 0. The highest BCUT2D eigenvalue weighted by atomic mass is 15.3. The van der Waals surface area contributed by atoms with Gasteiger partial charge in [-0.2, -0.15) is 0 Å². The van der Waals surface area contributed by atoms with Gasteiger partial charge in [-0.1, -0.05) is 26.3 Å². The Hall–Kier alpha value is -1.40. The zero-order valence-corrected chi connectivity index (χ0v) is 8.39. The lowest BCUT2D eigenvalue weighted by Crippen LogP contribution is -2.26. The van der Waals surface area contributed by atoms with Gasteiger partial charge in [-0.25, -0.2) is 5.43 Å². The van der Waals surface area contributed by atoms with Gasteiger partial charge < -0.3 is 10.7 Å². The van der Waals surface area contributed by atoms with Crippen LogP contribution in [-0.2, 0) is 0 Å². The number of hydrogen-bond acceptors (Lipinski definition) is 3. The molecule has 0 aliphatic carbocycles. The molecule has 0 heterocycles. The van der Waals surface area contributed by atoms with E-state index in [1.807, 2.05) is 6.08 Å². The lowest BCUT2D eigenvalue weighted by molar-refractivity contribution is 0.697. The van der Waals surface area contributed by atoms with Crippen molar-refractivity contribution in [2.24, 2.45) is 5.92 Å². The van der Waals surface area contributed by atoms with E-state index >= 15 is 0 Å². The van der Waals surface area contributed by atoms with Gasteiger partial charge in [-0.05, 0) is 12.0 Å². The molecule has 0 unspecified atom stereocenters. The molecule has 0 spiro atoms. The number of rotatable bonds is 5. The Morgan fingerprint density at radius 2 is 2.15 bits per heavy atom. The normalized spacial score (nSPS) is 11.8. The van der Waals surface area contributed by atoms with E-state index in [2.05, 4.69) is 42.1 Å². The van der Waals surface area contributed by atoms with Crippen LogP contribution >= 0.6 is 0 Å². The zero-order chi connectivity index (χ0) is 10.1. The Morgan fingerprint density at radius 1 is 1.46 bits per heavy atom. The number of allylic oxidation sites excluding steroid dienone is 2. The molecule has 0 aliphatic rings. The second-order valence-electron chi connectivity index (χ2n) is 2.87. The largest absolute Gasteiger partial charge is 0.320 e. The third-order valence-corrected chi connectivity index (χ3v) is 1.24. The minimum atomic E-state index is 0.521. The number of hydrazine groups is 1. The van der Waals surface area contributed by atoms with Crippen molar-refractivity contribution < 1.29 is 0 Å². The Labute approximate surface area is 80.3 Å². The molecule has 0 aromatic rings. The summed E-state index contributed by atoms with van der Waals surface area (Å²) in [7, 11) is 1.80. The monoisotopic (exact) mass is 179 g/mol. The maximum atomic E-state index is 5.05. The van der Waals surface area contributed by atoms with Crippen molar-refractivity contribution in [2.45, 2.75) is 13.8 Å². The first-order chi connectivity index (χ1) is 6.20. The second kappa shape index (κ2) is 7.26. The third kappa shape index (κ3) is 6.98. The van der Waals surface area contributed by atoms with Gasteiger partial charge in [-0.3, -0.25) is 0 Å². The van der Waals surface area contributed by atoms with Crippen LogP contribution in [0.2, 0.25) is 0 Å². The maximum Gasteiger partial charge on any atom is 0.0651 e.